The Bertz CT molecular complexity index is 938. The normalized spacial score (nSPS) is 18.8. The molecule has 3 rings (SSSR count). The maximum Gasteiger partial charge on any atom is 0.340 e. The maximum absolute atomic E-state index is 12.9. The highest BCUT2D eigenvalue weighted by molar-refractivity contribution is 5.97. The number of ether oxygens (including phenoxy) is 4. The molecule has 1 heterocycles. The molecule has 0 amide bonds. The number of anilines is 2. The lowest BCUT2D eigenvalue weighted by Gasteiger charge is -2.22. The number of fused-ring (bicyclic) bond motifs is 2. The first-order chi connectivity index (χ1) is 15.5. The van der Waals surface area contributed by atoms with Crippen LogP contribution in [0.25, 0.3) is 0 Å². The lowest BCUT2D eigenvalue weighted by atomic mass is 10.1. The van der Waals surface area contributed by atoms with Gasteiger partial charge in [0.15, 0.2) is 0 Å². The minimum Gasteiger partial charge on any atom is -0.497 e. The second-order valence-corrected chi connectivity index (χ2v) is 6.99. The second kappa shape index (κ2) is 10.4. The molecule has 8 nitrogen and oxygen atoms in total. The van der Waals surface area contributed by atoms with Crippen molar-refractivity contribution in [1.82, 2.24) is 0 Å². The number of hydrogen-bond acceptors (Lipinski definition) is 8. The van der Waals surface area contributed by atoms with E-state index in [1.807, 2.05) is 0 Å². The van der Waals surface area contributed by atoms with Gasteiger partial charge in [0.2, 0.25) is 0 Å². The summed E-state index contributed by atoms with van der Waals surface area (Å²) in [7, 11) is 3.03. The van der Waals surface area contributed by atoms with Gasteiger partial charge in [0.1, 0.15) is 24.7 Å². The molecule has 0 aromatic heterocycles. The van der Waals surface area contributed by atoms with Gasteiger partial charge >= 0.3 is 11.9 Å². The van der Waals surface area contributed by atoms with Gasteiger partial charge in [-0.2, -0.15) is 0 Å². The van der Waals surface area contributed by atoms with Gasteiger partial charge in [-0.15, -0.1) is 13.2 Å². The largest absolute Gasteiger partial charge is 0.497 e. The fourth-order valence-corrected chi connectivity index (χ4v) is 3.11. The molecule has 0 aliphatic carbocycles. The molecule has 0 spiro atoms. The van der Waals surface area contributed by atoms with Gasteiger partial charge < -0.3 is 29.6 Å². The van der Waals surface area contributed by atoms with Crippen LogP contribution in [-0.4, -0.2) is 51.5 Å². The van der Waals surface area contributed by atoms with Gasteiger partial charge in [-0.1, -0.05) is 12.2 Å². The smallest absolute Gasteiger partial charge is 0.340 e. The summed E-state index contributed by atoms with van der Waals surface area (Å²) in [6, 6.07) is 9.08. The summed E-state index contributed by atoms with van der Waals surface area (Å²) in [4.78, 5) is 25.7. The van der Waals surface area contributed by atoms with E-state index in [4.69, 9.17) is 18.9 Å². The van der Waals surface area contributed by atoms with Crippen molar-refractivity contribution >= 4 is 23.3 Å². The van der Waals surface area contributed by atoms with E-state index >= 15 is 0 Å². The average Bonchev–Trinajstić information content (AvgIpc) is 2.83. The molecule has 32 heavy (non-hydrogen) atoms. The number of methoxy groups -OCH3 is 2. The van der Waals surface area contributed by atoms with Crippen molar-refractivity contribution in [2.45, 2.75) is 12.1 Å². The highest BCUT2D eigenvalue weighted by Gasteiger charge is 2.22. The van der Waals surface area contributed by atoms with Gasteiger partial charge in [-0.25, -0.2) is 9.59 Å². The first kappa shape index (κ1) is 22.7. The summed E-state index contributed by atoms with van der Waals surface area (Å²) in [5, 5.41) is 6.33. The lowest BCUT2D eigenvalue weighted by Crippen LogP contribution is -2.29. The second-order valence-electron chi connectivity index (χ2n) is 6.99. The molecular weight excluding hydrogens is 412 g/mol. The summed E-state index contributed by atoms with van der Waals surface area (Å²) < 4.78 is 21.6. The monoisotopic (exact) mass is 438 g/mol. The molecule has 0 unspecified atom stereocenters. The average molecular weight is 438 g/mol. The van der Waals surface area contributed by atoms with E-state index in [1.54, 1.807) is 48.6 Å². The van der Waals surface area contributed by atoms with E-state index in [-0.39, 0.29) is 24.3 Å². The van der Waals surface area contributed by atoms with Crippen LogP contribution >= 0.6 is 0 Å². The van der Waals surface area contributed by atoms with Gasteiger partial charge in [0.05, 0.1) is 37.4 Å². The number of benzene rings is 2. The molecule has 2 atom stereocenters. The third kappa shape index (κ3) is 5.21. The quantitative estimate of drug-likeness (QED) is 0.552. The van der Waals surface area contributed by atoms with Crippen LogP contribution in [-0.2, 0) is 9.47 Å². The first-order valence-electron chi connectivity index (χ1n) is 9.97. The minimum absolute atomic E-state index is 0.00954. The molecule has 0 bridgehead atoms. The Morgan fingerprint density at radius 1 is 0.812 bits per heavy atom. The van der Waals surface area contributed by atoms with E-state index in [9.17, 15) is 9.59 Å². The Morgan fingerprint density at radius 3 is 1.56 bits per heavy atom. The van der Waals surface area contributed by atoms with Crippen LogP contribution in [0.3, 0.4) is 0 Å². The highest BCUT2D eigenvalue weighted by Crippen LogP contribution is 2.26. The fourth-order valence-electron chi connectivity index (χ4n) is 3.11. The van der Waals surface area contributed by atoms with Crippen LogP contribution < -0.4 is 20.1 Å². The number of carbonyl (C=O) groups excluding carboxylic acids is 2. The zero-order chi connectivity index (χ0) is 23.1. The van der Waals surface area contributed by atoms with Crippen LogP contribution in [0.2, 0.25) is 0 Å². The zero-order valence-electron chi connectivity index (χ0n) is 18.1. The molecular formula is C24H26N2O6. The predicted molar refractivity (Wildman–Crippen MR) is 122 cm³/mol. The summed E-state index contributed by atoms with van der Waals surface area (Å²) in [5.41, 5.74) is 1.57. The van der Waals surface area contributed by atoms with E-state index in [2.05, 4.69) is 23.8 Å². The van der Waals surface area contributed by atoms with Crippen LogP contribution in [0.4, 0.5) is 11.4 Å². The Kier molecular flexibility index (Phi) is 7.38. The summed E-state index contributed by atoms with van der Waals surface area (Å²) in [5.74, 6) is -0.0586. The first-order valence-corrected chi connectivity index (χ1v) is 9.97. The highest BCUT2D eigenvalue weighted by atomic mass is 16.5. The molecule has 0 radical (unpaired) electrons. The Labute approximate surface area is 186 Å². The molecule has 0 fully saturated rings. The molecule has 2 aromatic carbocycles. The summed E-state index contributed by atoms with van der Waals surface area (Å²) >= 11 is 0. The Morgan fingerprint density at radius 2 is 1.22 bits per heavy atom. The van der Waals surface area contributed by atoms with Gasteiger partial charge in [-0.3, -0.25) is 0 Å². The topological polar surface area (TPSA) is 95.1 Å². The fraction of sp³-hybridized carbons (Fsp3) is 0.250. The molecule has 1 aliphatic rings. The molecule has 168 valence electrons. The SMILES string of the molecule is C=C[C@@H]1COC(=O)c2cc(OC)ccc2N[C@H](C=C)COC(=O)c2cc(OC)ccc2N1. The van der Waals surface area contributed by atoms with Crippen LogP contribution in [0.1, 0.15) is 20.7 Å². The van der Waals surface area contributed by atoms with E-state index in [1.165, 1.54) is 14.2 Å². The van der Waals surface area contributed by atoms with Crippen LogP contribution in [0.5, 0.6) is 11.5 Å². The number of cyclic esters (lactones) is 2. The maximum atomic E-state index is 12.9. The van der Waals surface area contributed by atoms with Crippen molar-refractivity contribution in [3.63, 3.8) is 0 Å². The lowest BCUT2D eigenvalue weighted by molar-refractivity contribution is 0.0484. The van der Waals surface area contributed by atoms with Crippen molar-refractivity contribution in [2.24, 2.45) is 0 Å². The molecule has 8 heteroatoms. The summed E-state index contributed by atoms with van der Waals surface area (Å²) in [6.45, 7) is 7.56. The number of carbonyl (C=O) groups is 2. The van der Waals surface area contributed by atoms with Crippen molar-refractivity contribution in [3.05, 3.63) is 72.8 Å². The zero-order valence-corrected chi connectivity index (χ0v) is 18.1. The van der Waals surface area contributed by atoms with Crippen molar-refractivity contribution in [3.8, 4) is 11.5 Å². The standard InChI is InChI=1S/C24H26N2O6/c1-5-15-13-31-23(27)20-12-18(30-4)8-10-22(20)26-16(6-2)14-32-24(28)19-11-17(29-3)7-9-21(19)25-15/h5-12,15-16,25-26H,1-2,13-14H2,3-4H3/t15-,16-/m1/s1. The third-order valence-electron chi connectivity index (χ3n) is 4.93. The van der Waals surface area contributed by atoms with Gasteiger partial charge in [-0.05, 0) is 36.4 Å². The molecule has 1 aliphatic heterocycles. The Balaban J connectivity index is 1.99. The van der Waals surface area contributed by atoms with E-state index < -0.39 is 24.0 Å². The molecule has 0 saturated heterocycles. The number of hydrogen-bond donors (Lipinski definition) is 2. The van der Waals surface area contributed by atoms with Crippen LogP contribution in [0, 0.1) is 0 Å². The molecule has 0 saturated carbocycles. The van der Waals surface area contributed by atoms with Crippen LogP contribution in [0.15, 0.2) is 61.7 Å². The molecule has 2 N–H and O–H groups in total. The number of rotatable bonds is 4. The Hall–Kier alpha value is -3.94. The summed E-state index contributed by atoms with van der Waals surface area (Å²) in [6.07, 6.45) is 3.19. The van der Waals surface area contributed by atoms with Crippen molar-refractivity contribution in [1.29, 1.82) is 0 Å². The number of nitrogens with one attached hydrogen (secondary N) is 2. The molecule has 2 aromatic rings. The predicted octanol–water partition coefficient (Wildman–Crippen LogP) is 3.66. The van der Waals surface area contributed by atoms with Gasteiger partial charge in [0.25, 0.3) is 0 Å². The van der Waals surface area contributed by atoms with Crippen molar-refractivity contribution in [2.75, 3.05) is 38.1 Å². The third-order valence-corrected chi connectivity index (χ3v) is 4.93. The number of esters is 2. The minimum atomic E-state index is -0.535. The van der Waals surface area contributed by atoms with Crippen molar-refractivity contribution < 1.29 is 28.5 Å². The van der Waals surface area contributed by atoms with E-state index in [0.717, 1.165) is 0 Å². The van der Waals surface area contributed by atoms with E-state index in [0.29, 0.717) is 22.9 Å². The van der Waals surface area contributed by atoms with Gasteiger partial charge in [0, 0.05) is 11.4 Å².